The smallest absolute Gasteiger partial charge is 0.331 e. The summed E-state index contributed by atoms with van der Waals surface area (Å²) in [4.78, 5) is 126. The van der Waals surface area contributed by atoms with Crippen LogP contribution in [0.1, 0.15) is 102 Å². The summed E-state index contributed by atoms with van der Waals surface area (Å²) in [6, 6.07) is -0.276. The molecule has 1 aromatic rings. The van der Waals surface area contributed by atoms with E-state index in [1.807, 2.05) is 6.07 Å². The highest BCUT2D eigenvalue weighted by Gasteiger charge is 2.39. The Morgan fingerprint density at radius 3 is 2.12 bits per heavy atom. The van der Waals surface area contributed by atoms with Crippen molar-refractivity contribution >= 4 is 59.1 Å². The minimum atomic E-state index is -1.57. The molecule has 1 heterocycles. The molecule has 27 heteroatoms. The lowest BCUT2D eigenvalue weighted by molar-refractivity contribution is -0.142. The van der Waals surface area contributed by atoms with Crippen LogP contribution in [0.4, 0.5) is 0 Å². The molecule has 0 aromatic heterocycles. The van der Waals surface area contributed by atoms with Crippen molar-refractivity contribution in [1.29, 1.82) is 5.26 Å². The largest absolute Gasteiger partial charge is 0.478 e. The molecule has 2 rings (SSSR count). The second kappa shape index (κ2) is 35.2. The molecule has 0 unspecified atom stereocenters. The normalized spacial score (nSPS) is 16.0. The number of unbranched alkanes of at least 4 members (excludes halogenated alkanes) is 2. The van der Waals surface area contributed by atoms with Gasteiger partial charge in [-0.3, -0.25) is 43.3 Å². The molecular weight excluding hydrogens is 989 g/mol. The van der Waals surface area contributed by atoms with Crippen LogP contribution in [-0.4, -0.2) is 168 Å². The highest BCUT2D eigenvalue weighted by molar-refractivity contribution is 5.98. The van der Waals surface area contributed by atoms with Crippen molar-refractivity contribution in [2.75, 3.05) is 45.8 Å². The number of carbonyl (C=O) groups is 9. The topological polar surface area (TPSA) is 488 Å². The average Bonchev–Trinajstić information content (AvgIpc) is 3.89. The van der Waals surface area contributed by atoms with E-state index in [9.17, 15) is 58.6 Å². The Morgan fingerprint density at radius 2 is 1.49 bits per heavy atom. The number of aliphatic carboxylic acids is 1. The van der Waals surface area contributed by atoms with Crippen LogP contribution in [0.15, 0.2) is 40.9 Å². The number of nitrogens with two attached hydrogens (primary N) is 7. The van der Waals surface area contributed by atoms with E-state index in [0.29, 0.717) is 50.8 Å². The monoisotopic (exact) mass is 1070 g/mol. The van der Waals surface area contributed by atoms with Crippen LogP contribution in [0.2, 0.25) is 0 Å². The number of likely N-dealkylation sites (tertiary alicyclic amines) is 1. The zero-order valence-corrected chi connectivity index (χ0v) is 43.3. The van der Waals surface area contributed by atoms with E-state index in [0.717, 1.165) is 0 Å². The first-order valence-corrected chi connectivity index (χ1v) is 25.5. The molecule has 1 aromatic carbocycles. The van der Waals surface area contributed by atoms with Gasteiger partial charge in [-0.2, -0.15) is 5.26 Å². The maximum atomic E-state index is 14.3. The lowest BCUT2D eigenvalue weighted by Gasteiger charge is -2.30. The summed E-state index contributed by atoms with van der Waals surface area (Å²) >= 11 is 0. The zero-order chi connectivity index (χ0) is 56.7. The summed E-state index contributed by atoms with van der Waals surface area (Å²) in [6.07, 6.45) is 2.89. The molecular formula is C49H80N16O11. The van der Waals surface area contributed by atoms with Crippen LogP contribution in [0.3, 0.4) is 0 Å². The number of hydrogen-bond acceptors (Lipinski definition) is 17. The van der Waals surface area contributed by atoms with E-state index >= 15 is 0 Å². The molecule has 27 nitrogen and oxygen atoms in total. The number of benzene rings is 1. The molecule has 8 atom stereocenters. The van der Waals surface area contributed by atoms with Gasteiger partial charge in [-0.15, -0.1) is 0 Å². The molecule has 1 saturated heterocycles. The minimum absolute atomic E-state index is 0.0428. The van der Waals surface area contributed by atoms with Gasteiger partial charge in [-0.1, -0.05) is 24.6 Å². The first kappa shape index (κ1) is 65.0. The third-order valence-corrected chi connectivity index (χ3v) is 12.4. The number of nitrogens with one attached hydrogen (secondary N) is 6. The van der Waals surface area contributed by atoms with Crippen LogP contribution in [0.25, 0.3) is 0 Å². The number of hydrogen-bond donors (Lipinski definition) is 15. The summed E-state index contributed by atoms with van der Waals surface area (Å²) < 4.78 is 0. The van der Waals surface area contributed by atoms with Crippen LogP contribution in [-0.2, 0) is 49.6 Å². The number of Topliss-reactive ketones (excluding diaryl/α,β-unsaturated/α-hetero) is 1. The number of carboxylic acids is 1. The summed E-state index contributed by atoms with van der Waals surface area (Å²) in [5.41, 5.74) is 39.9. The molecule has 422 valence electrons. The Balaban J connectivity index is 2.26. The number of aliphatic imine (C=N–C) groups is 1. The third kappa shape index (κ3) is 23.2. The number of aliphatic hydroxyl groups excluding tert-OH is 1. The number of nitriles is 1. The standard InChI is InChI=1S/C49H80N16O11/c1-29(60-46(73)41(39(67)27-54)64-43(70)33(55)13-2-4-19-50)42(69)59-28-40(68)61-35(15-7-21-52)47(74)65-23-9-16-37(65)45(72)63-36(25-30-10-6-11-31(24-30)26-53)44(71)62-34(14-3-5-20-51)38(66)18-17-32(48(75)76)12-8-22-58-49(56)57/h6,10-12,24,29,33-37,39,41,67H,2-5,7-9,13-23,25,27-28,50-52,54-55H2,1H3,(H,59,69)(H,60,73)(H,61,68)(H,62,71)(H,63,72)(H,64,70)(H,75,76)(H4,56,57,58)/b32-12+/t29-,33-,34-,35+,36-,37-,39-,41-/m0/s1. The minimum Gasteiger partial charge on any atom is -0.478 e. The molecule has 1 aliphatic heterocycles. The molecule has 22 N–H and O–H groups in total. The molecule has 0 aliphatic carbocycles. The Labute approximate surface area is 442 Å². The number of carbonyl (C=O) groups excluding carboxylic acids is 8. The maximum Gasteiger partial charge on any atom is 0.331 e. The Bertz CT molecular complexity index is 2220. The van der Waals surface area contributed by atoms with Gasteiger partial charge < -0.3 is 87.1 Å². The van der Waals surface area contributed by atoms with E-state index in [2.05, 4.69) is 36.9 Å². The van der Waals surface area contributed by atoms with E-state index in [1.54, 1.807) is 18.2 Å². The van der Waals surface area contributed by atoms with Gasteiger partial charge in [0.15, 0.2) is 11.7 Å². The highest BCUT2D eigenvalue weighted by atomic mass is 16.4. The molecule has 76 heavy (non-hydrogen) atoms. The second-order valence-corrected chi connectivity index (χ2v) is 18.4. The second-order valence-electron chi connectivity index (χ2n) is 18.4. The summed E-state index contributed by atoms with van der Waals surface area (Å²) in [5, 5.41) is 45.0. The van der Waals surface area contributed by atoms with E-state index in [4.69, 9.17) is 40.1 Å². The van der Waals surface area contributed by atoms with Gasteiger partial charge in [0.05, 0.1) is 36.4 Å². The van der Waals surface area contributed by atoms with Gasteiger partial charge in [0.25, 0.3) is 0 Å². The number of aliphatic hydroxyl groups is 1. The number of rotatable bonds is 36. The van der Waals surface area contributed by atoms with Crippen LogP contribution >= 0.6 is 0 Å². The van der Waals surface area contributed by atoms with Crippen molar-refractivity contribution in [2.24, 2.45) is 45.1 Å². The summed E-state index contributed by atoms with van der Waals surface area (Å²) in [7, 11) is 0. The molecule has 7 amide bonds. The summed E-state index contributed by atoms with van der Waals surface area (Å²) in [5.74, 6) is -7.32. The van der Waals surface area contributed by atoms with Crippen molar-refractivity contribution < 1.29 is 53.4 Å². The highest BCUT2D eigenvalue weighted by Crippen LogP contribution is 2.21. The molecule has 1 fully saturated rings. The van der Waals surface area contributed by atoms with Crippen molar-refractivity contribution in [3.8, 4) is 6.07 Å². The number of amides is 7. The van der Waals surface area contributed by atoms with Gasteiger partial charge in [0, 0.05) is 38.0 Å². The molecule has 0 bridgehead atoms. The molecule has 0 spiro atoms. The lowest BCUT2D eigenvalue weighted by Crippen LogP contribution is -2.60. The SMILES string of the molecule is C[C@H](NC(=O)[C@@H](NC(=O)[C@@H](N)CCCCN)[C@@H](O)CN)C(=O)NCC(=O)N[C@H](CCCN)C(=O)N1CCC[C@H]1C(=O)N[C@@H](Cc1cccc(C#N)c1)C(=O)N[C@@H](CCCCN)C(=O)CC/C(=C\CCN=C(N)N)C(=O)O. The van der Waals surface area contributed by atoms with E-state index < -0.39 is 115 Å². The first-order valence-electron chi connectivity index (χ1n) is 25.5. The fourth-order valence-corrected chi connectivity index (χ4v) is 8.11. The van der Waals surface area contributed by atoms with Gasteiger partial charge in [-0.25, -0.2) is 4.79 Å². The molecule has 1 aliphatic rings. The predicted octanol–water partition coefficient (Wildman–Crippen LogP) is -4.68. The van der Waals surface area contributed by atoms with Crippen molar-refractivity contribution in [3.05, 3.63) is 47.0 Å². The Kier molecular flexibility index (Phi) is 30.1. The van der Waals surface area contributed by atoms with Gasteiger partial charge in [0.2, 0.25) is 41.4 Å². The number of carboxylic acid groups (broad SMARTS) is 1. The van der Waals surface area contributed by atoms with Crippen molar-refractivity contribution in [3.63, 3.8) is 0 Å². The van der Waals surface area contributed by atoms with Crippen LogP contribution in [0.5, 0.6) is 0 Å². The average molecular weight is 1070 g/mol. The molecule has 0 saturated carbocycles. The van der Waals surface area contributed by atoms with Gasteiger partial charge in [0.1, 0.15) is 30.2 Å². The first-order chi connectivity index (χ1) is 36.2. The fraction of sp³-hybridized carbons (Fsp3) is 0.612. The predicted molar refractivity (Wildman–Crippen MR) is 280 cm³/mol. The van der Waals surface area contributed by atoms with Gasteiger partial charge in [-0.05, 0) is 115 Å². The Hall–Kier alpha value is -7.09. The Morgan fingerprint density at radius 1 is 0.816 bits per heavy atom. The number of ketones is 1. The van der Waals surface area contributed by atoms with Crippen LogP contribution < -0.4 is 72.0 Å². The van der Waals surface area contributed by atoms with E-state index in [1.165, 1.54) is 24.0 Å². The lowest BCUT2D eigenvalue weighted by atomic mass is 9.97. The fourth-order valence-electron chi connectivity index (χ4n) is 8.11. The zero-order valence-electron chi connectivity index (χ0n) is 43.3. The molecule has 0 radical (unpaired) electrons. The third-order valence-electron chi connectivity index (χ3n) is 12.4. The summed E-state index contributed by atoms with van der Waals surface area (Å²) in [6.45, 7) is 1.28. The van der Waals surface area contributed by atoms with E-state index in [-0.39, 0.29) is 94.5 Å². The maximum absolute atomic E-state index is 14.3. The number of nitrogens with zero attached hydrogens (tertiary/aromatic N) is 3. The van der Waals surface area contributed by atoms with Crippen LogP contribution in [0, 0.1) is 11.3 Å². The van der Waals surface area contributed by atoms with Gasteiger partial charge >= 0.3 is 5.97 Å². The quantitative estimate of drug-likeness (QED) is 0.0130. The van der Waals surface area contributed by atoms with Crippen molar-refractivity contribution in [1.82, 2.24) is 36.8 Å². The van der Waals surface area contributed by atoms with Crippen molar-refractivity contribution in [2.45, 2.75) is 145 Å². The number of guanidine groups is 1.